The molecule has 0 saturated carbocycles. The van der Waals surface area contributed by atoms with Crippen LogP contribution in [0.1, 0.15) is 42.1 Å². The summed E-state index contributed by atoms with van der Waals surface area (Å²) in [5, 5.41) is 0. The van der Waals surface area contributed by atoms with Crippen LogP contribution in [0, 0.1) is 5.92 Å². The number of benzene rings is 2. The van der Waals surface area contributed by atoms with E-state index in [0.717, 1.165) is 5.56 Å². The van der Waals surface area contributed by atoms with Crippen molar-refractivity contribution >= 4 is 17.5 Å². The quantitative estimate of drug-likeness (QED) is 0.417. The maximum Gasteiger partial charge on any atom is 0.317 e. The highest BCUT2D eigenvalue weighted by molar-refractivity contribution is 6.01. The van der Waals surface area contributed by atoms with Crippen LogP contribution >= 0.6 is 0 Å². The van der Waals surface area contributed by atoms with E-state index in [9.17, 15) is 14.4 Å². The number of carbonyl (C=O) groups is 3. The lowest BCUT2D eigenvalue weighted by molar-refractivity contribution is -0.152. The number of esters is 1. The van der Waals surface area contributed by atoms with Crippen molar-refractivity contribution in [2.24, 2.45) is 5.92 Å². The van der Waals surface area contributed by atoms with E-state index in [1.165, 1.54) is 6.92 Å². The number of rotatable bonds is 8. The van der Waals surface area contributed by atoms with Crippen LogP contribution in [0.4, 0.5) is 0 Å². The summed E-state index contributed by atoms with van der Waals surface area (Å²) in [6.45, 7) is 3.25. The van der Waals surface area contributed by atoms with Crippen molar-refractivity contribution in [1.29, 1.82) is 0 Å². The Morgan fingerprint density at radius 2 is 1.48 bits per heavy atom. The molecule has 0 amide bonds. The molecule has 2 aromatic rings. The zero-order chi connectivity index (χ0) is 18.2. The smallest absolute Gasteiger partial charge is 0.317 e. The number of ketones is 2. The monoisotopic (exact) mass is 338 g/mol. The molecule has 2 atom stereocenters. The van der Waals surface area contributed by atoms with E-state index >= 15 is 0 Å². The topological polar surface area (TPSA) is 60.4 Å². The van der Waals surface area contributed by atoms with Gasteiger partial charge in [-0.05, 0) is 19.4 Å². The Kier molecular flexibility index (Phi) is 6.63. The molecule has 0 radical (unpaired) electrons. The summed E-state index contributed by atoms with van der Waals surface area (Å²) in [6.07, 6.45) is 0.0666. The Hall–Kier alpha value is -2.75. The van der Waals surface area contributed by atoms with Crippen molar-refractivity contribution in [2.75, 3.05) is 6.61 Å². The number of hydrogen-bond acceptors (Lipinski definition) is 4. The van der Waals surface area contributed by atoms with E-state index < -0.39 is 17.8 Å². The zero-order valence-corrected chi connectivity index (χ0v) is 14.5. The molecule has 0 unspecified atom stereocenters. The third-order valence-electron chi connectivity index (χ3n) is 4.11. The Morgan fingerprint density at radius 3 is 2.00 bits per heavy atom. The summed E-state index contributed by atoms with van der Waals surface area (Å²) in [5.41, 5.74) is 1.34. The fraction of sp³-hybridized carbons (Fsp3) is 0.286. The van der Waals surface area contributed by atoms with Gasteiger partial charge in [-0.25, -0.2) is 0 Å². The first-order valence-corrected chi connectivity index (χ1v) is 8.34. The SMILES string of the molecule is CCOC(=O)[C@@H](C(C)=O)[C@@H](CC(=O)c1ccccc1)c1ccccc1. The van der Waals surface area contributed by atoms with Gasteiger partial charge in [0.15, 0.2) is 5.78 Å². The maximum absolute atomic E-state index is 12.7. The van der Waals surface area contributed by atoms with Gasteiger partial charge < -0.3 is 4.74 Å². The Bertz CT molecular complexity index is 722. The van der Waals surface area contributed by atoms with Crippen molar-refractivity contribution in [3.05, 3.63) is 71.8 Å². The van der Waals surface area contributed by atoms with Crippen molar-refractivity contribution in [3.8, 4) is 0 Å². The van der Waals surface area contributed by atoms with Gasteiger partial charge in [-0.2, -0.15) is 0 Å². The van der Waals surface area contributed by atoms with Gasteiger partial charge in [0.05, 0.1) is 6.61 Å². The van der Waals surface area contributed by atoms with Crippen LogP contribution < -0.4 is 0 Å². The summed E-state index contributed by atoms with van der Waals surface area (Å²) >= 11 is 0. The van der Waals surface area contributed by atoms with Gasteiger partial charge >= 0.3 is 5.97 Å². The largest absolute Gasteiger partial charge is 0.465 e. The molecule has 0 aromatic heterocycles. The van der Waals surface area contributed by atoms with Crippen molar-refractivity contribution in [3.63, 3.8) is 0 Å². The van der Waals surface area contributed by atoms with Crippen molar-refractivity contribution < 1.29 is 19.1 Å². The molecule has 0 spiro atoms. The minimum atomic E-state index is -0.991. The van der Waals surface area contributed by atoms with Crippen LogP contribution in [-0.4, -0.2) is 24.1 Å². The third kappa shape index (κ3) is 4.86. The van der Waals surface area contributed by atoms with E-state index in [0.29, 0.717) is 5.56 Å². The molecule has 0 aliphatic heterocycles. The molecular formula is C21H22O4. The van der Waals surface area contributed by atoms with Gasteiger partial charge in [-0.15, -0.1) is 0 Å². The van der Waals surface area contributed by atoms with Gasteiger partial charge in [-0.3, -0.25) is 14.4 Å². The molecule has 0 aliphatic carbocycles. The third-order valence-corrected chi connectivity index (χ3v) is 4.11. The van der Waals surface area contributed by atoms with Crippen LogP contribution in [0.15, 0.2) is 60.7 Å². The normalized spacial score (nSPS) is 12.9. The highest BCUT2D eigenvalue weighted by Crippen LogP contribution is 2.31. The molecular weight excluding hydrogens is 316 g/mol. The first kappa shape index (κ1) is 18.6. The highest BCUT2D eigenvalue weighted by Gasteiger charge is 2.36. The molecule has 0 fully saturated rings. The van der Waals surface area contributed by atoms with Gasteiger partial charge in [-0.1, -0.05) is 60.7 Å². The standard InChI is InChI=1S/C21H22O4/c1-3-25-21(24)20(15(2)22)18(16-10-6-4-7-11-16)14-19(23)17-12-8-5-9-13-17/h4-13,18,20H,3,14H2,1-2H3/t18-,20-/m0/s1. The Morgan fingerprint density at radius 1 is 0.920 bits per heavy atom. The molecule has 0 bridgehead atoms. The van der Waals surface area contributed by atoms with E-state index in [-0.39, 0.29) is 24.6 Å². The van der Waals surface area contributed by atoms with E-state index in [4.69, 9.17) is 4.74 Å². The summed E-state index contributed by atoms with van der Waals surface area (Å²) in [4.78, 5) is 37.2. The average molecular weight is 338 g/mol. The van der Waals surface area contributed by atoms with Crippen LogP contribution in [0.3, 0.4) is 0 Å². The lowest BCUT2D eigenvalue weighted by Crippen LogP contribution is -2.32. The number of Topliss-reactive ketones (excluding diaryl/α,β-unsaturated/α-hetero) is 2. The first-order chi connectivity index (χ1) is 12.0. The molecule has 4 heteroatoms. The van der Waals surface area contributed by atoms with E-state index in [2.05, 4.69) is 0 Å². The predicted octanol–water partition coefficient (Wildman–Crippen LogP) is 3.81. The number of ether oxygens (including phenoxy) is 1. The minimum Gasteiger partial charge on any atom is -0.465 e. The molecule has 2 rings (SSSR count). The molecule has 0 aliphatic rings. The van der Waals surface area contributed by atoms with Gasteiger partial charge in [0.25, 0.3) is 0 Å². The zero-order valence-electron chi connectivity index (χ0n) is 14.5. The minimum absolute atomic E-state index is 0.0666. The van der Waals surface area contributed by atoms with Crippen molar-refractivity contribution in [2.45, 2.75) is 26.2 Å². The summed E-state index contributed by atoms with van der Waals surface area (Å²) in [6, 6.07) is 18.1. The molecule has 25 heavy (non-hydrogen) atoms. The van der Waals surface area contributed by atoms with Crippen LogP contribution in [0.25, 0.3) is 0 Å². The summed E-state index contributed by atoms with van der Waals surface area (Å²) in [7, 11) is 0. The van der Waals surface area contributed by atoms with E-state index in [1.54, 1.807) is 31.2 Å². The molecule has 0 heterocycles. The number of hydrogen-bond donors (Lipinski definition) is 0. The Labute approximate surface area is 147 Å². The lowest BCUT2D eigenvalue weighted by atomic mass is 9.79. The second-order valence-electron chi connectivity index (χ2n) is 5.85. The first-order valence-electron chi connectivity index (χ1n) is 8.34. The lowest BCUT2D eigenvalue weighted by Gasteiger charge is -2.24. The molecule has 0 N–H and O–H groups in total. The maximum atomic E-state index is 12.7. The highest BCUT2D eigenvalue weighted by atomic mass is 16.5. The van der Waals surface area contributed by atoms with Crippen molar-refractivity contribution in [1.82, 2.24) is 0 Å². The molecule has 4 nitrogen and oxygen atoms in total. The van der Waals surface area contributed by atoms with Crippen LogP contribution in [0.5, 0.6) is 0 Å². The van der Waals surface area contributed by atoms with Gasteiger partial charge in [0.2, 0.25) is 0 Å². The van der Waals surface area contributed by atoms with Crippen LogP contribution in [-0.2, 0) is 14.3 Å². The van der Waals surface area contributed by atoms with Crippen LogP contribution in [0.2, 0.25) is 0 Å². The number of carbonyl (C=O) groups excluding carboxylic acids is 3. The Balaban J connectivity index is 2.37. The second kappa shape index (κ2) is 8.92. The molecule has 0 saturated heterocycles. The van der Waals surface area contributed by atoms with E-state index in [1.807, 2.05) is 36.4 Å². The average Bonchev–Trinajstić information content (AvgIpc) is 2.62. The summed E-state index contributed by atoms with van der Waals surface area (Å²) in [5.74, 6) is -2.52. The predicted molar refractivity (Wildman–Crippen MR) is 95.4 cm³/mol. The fourth-order valence-corrected chi connectivity index (χ4v) is 2.92. The molecule has 2 aromatic carbocycles. The van der Waals surface area contributed by atoms with Gasteiger partial charge in [0.1, 0.15) is 11.7 Å². The fourth-order valence-electron chi connectivity index (χ4n) is 2.92. The molecule has 130 valence electrons. The van der Waals surface area contributed by atoms with Gasteiger partial charge in [0, 0.05) is 17.9 Å². The summed E-state index contributed by atoms with van der Waals surface area (Å²) < 4.78 is 5.08. The second-order valence-corrected chi connectivity index (χ2v) is 5.85.